The van der Waals surface area contributed by atoms with Gasteiger partial charge in [-0.3, -0.25) is 9.69 Å². The molecule has 0 spiro atoms. The molecule has 2 fully saturated rings. The maximum absolute atomic E-state index is 13.0. The molecule has 5 aromatic rings. The van der Waals surface area contributed by atoms with Crippen LogP contribution in [-0.4, -0.2) is 58.4 Å². The van der Waals surface area contributed by atoms with Crippen molar-refractivity contribution in [2.24, 2.45) is 5.92 Å². The third-order valence-corrected chi connectivity index (χ3v) is 9.72. The summed E-state index contributed by atoms with van der Waals surface area (Å²) in [6.07, 6.45) is 6.77. The molecule has 2 aromatic carbocycles. The van der Waals surface area contributed by atoms with Crippen LogP contribution in [-0.2, 0) is 11.3 Å². The lowest BCUT2D eigenvalue weighted by Crippen LogP contribution is -2.49. The first-order valence-electron chi connectivity index (χ1n) is 14.3. The largest absolute Gasteiger partial charge is 0.497 e. The number of hydrogen-bond donors (Lipinski definition) is 0. The third kappa shape index (κ3) is 4.78. The first-order valence-corrected chi connectivity index (χ1v) is 15.1. The Morgan fingerprint density at radius 2 is 1.70 bits per heavy atom. The van der Waals surface area contributed by atoms with E-state index in [1.165, 1.54) is 39.1 Å². The SMILES string of the molecule is COc1ccc(-c2nc3ccc(-c4cc5ccccc5s4)cn3c2CN2CCN(C(=O)C3CCCC3)CC2)cc1. The molecule has 6 nitrogen and oxygen atoms in total. The summed E-state index contributed by atoms with van der Waals surface area (Å²) in [7, 11) is 1.69. The number of imidazole rings is 1. The van der Waals surface area contributed by atoms with Crippen LogP contribution in [0.15, 0.2) is 72.9 Å². The molecule has 0 N–H and O–H groups in total. The fourth-order valence-corrected chi connectivity index (χ4v) is 7.32. The molecule has 1 aliphatic heterocycles. The van der Waals surface area contributed by atoms with Gasteiger partial charge in [-0.05, 0) is 66.8 Å². The van der Waals surface area contributed by atoms with E-state index >= 15 is 0 Å². The van der Waals surface area contributed by atoms with E-state index in [-0.39, 0.29) is 5.92 Å². The number of rotatable bonds is 6. The van der Waals surface area contributed by atoms with Crippen molar-refractivity contribution in [2.45, 2.75) is 32.2 Å². The van der Waals surface area contributed by atoms with E-state index in [9.17, 15) is 4.79 Å². The Morgan fingerprint density at radius 1 is 0.950 bits per heavy atom. The molecule has 3 aromatic heterocycles. The highest BCUT2D eigenvalue weighted by molar-refractivity contribution is 7.22. The third-order valence-electron chi connectivity index (χ3n) is 8.55. The Kier molecular flexibility index (Phi) is 6.77. The van der Waals surface area contributed by atoms with E-state index in [1.807, 2.05) is 23.5 Å². The maximum atomic E-state index is 13.0. The van der Waals surface area contributed by atoms with Crippen molar-refractivity contribution in [1.29, 1.82) is 0 Å². The average Bonchev–Trinajstić information content (AvgIpc) is 3.76. The highest BCUT2D eigenvalue weighted by Gasteiger charge is 2.30. The Morgan fingerprint density at radius 3 is 2.45 bits per heavy atom. The molecule has 1 amide bonds. The fourth-order valence-electron chi connectivity index (χ4n) is 6.26. The van der Waals surface area contributed by atoms with Crippen molar-refractivity contribution in [3.63, 3.8) is 0 Å². The number of methoxy groups -OCH3 is 1. The number of pyridine rings is 1. The molecule has 204 valence electrons. The zero-order valence-corrected chi connectivity index (χ0v) is 23.7. The van der Waals surface area contributed by atoms with E-state index < -0.39 is 0 Å². The Hall–Kier alpha value is -3.68. The zero-order valence-electron chi connectivity index (χ0n) is 22.9. The Balaban J connectivity index is 1.21. The predicted octanol–water partition coefficient (Wildman–Crippen LogP) is 6.73. The smallest absolute Gasteiger partial charge is 0.225 e. The summed E-state index contributed by atoms with van der Waals surface area (Å²) in [5.41, 5.74) is 5.40. The second-order valence-corrected chi connectivity index (χ2v) is 12.1. The normalized spacial score (nSPS) is 16.8. The molecular weight excluding hydrogens is 516 g/mol. The highest BCUT2D eigenvalue weighted by Crippen LogP contribution is 2.35. The Labute approximate surface area is 238 Å². The molecule has 2 aliphatic rings. The van der Waals surface area contributed by atoms with E-state index in [0.29, 0.717) is 5.91 Å². The zero-order chi connectivity index (χ0) is 27.1. The molecule has 1 aliphatic carbocycles. The predicted molar refractivity (Wildman–Crippen MR) is 162 cm³/mol. The van der Waals surface area contributed by atoms with Gasteiger partial charge in [0.25, 0.3) is 0 Å². The van der Waals surface area contributed by atoms with Gasteiger partial charge in [0.15, 0.2) is 0 Å². The van der Waals surface area contributed by atoms with Gasteiger partial charge in [-0.1, -0.05) is 31.0 Å². The first-order chi connectivity index (χ1) is 19.7. The summed E-state index contributed by atoms with van der Waals surface area (Å²) in [5.74, 6) is 1.46. The number of aromatic nitrogens is 2. The van der Waals surface area contributed by atoms with Crippen LogP contribution in [0.25, 0.3) is 37.4 Å². The number of nitrogens with zero attached hydrogens (tertiary/aromatic N) is 4. The lowest BCUT2D eigenvalue weighted by molar-refractivity contribution is -0.137. The number of carbonyl (C=O) groups is 1. The van der Waals surface area contributed by atoms with Crippen LogP contribution in [0.5, 0.6) is 5.75 Å². The average molecular weight is 551 g/mol. The molecule has 7 rings (SSSR count). The molecular formula is C33H34N4O2S. The van der Waals surface area contributed by atoms with Crippen molar-refractivity contribution in [2.75, 3.05) is 33.3 Å². The molecule has 0 bridgehead atoms. The quantitative estimate of drug-likeness (QED) is 0.235. The van der Waals surface area contributed by atoms with Gasteiger partial charge < -0.3 is 14.0 Å². The van der Waals surface area contributed by atoms with Gasteiger partial charge in [0.2, 0.25) is 5.91 Å². The molecule has 1 saturated carbocycles. The number of piperazine rings is 1. The van der Waals surface area contributed by atoms with Crippen LogP contribution >= 0.6 is 11.3 Å². The number of fused-ring (bicyclic) bond motifs is 2. The second kappa shape index (κ2) is 10.7. The van der Waals surface area contributed by atoms with E-state index in [2.05, 4.69) is 75.0 Å². The van der Waals surface area contributed by atoms with Crippen molar-refractivity contribution < 1.29 is 9.53 Å². The minimum Gasteiger partial charge on any atom is -0.497 e. The van der Waals surface area contributed by atoms with Gasteiger partial charge in [-0.15, -0.1) is 11.3 Å². The fraction of sp³-hybridized carbons (Fsp3) is 0.333. The van der Waals surface area contributed by atoms with E-state index in [0.717, 1.165) is 68.2 Å². The van der Waals surface area contributed by atoms with E-state index in [1.54, 1.807) is 7.11 Å². The molecule has 0 atom stereocenters. The minimum absolute atomic E-state index is 0.249. The number of thiophene rings is 1. The molecule has 7 heteroatoms. The standard InChI is InChI=1S/C33H34N4O2S/c1-39-27-13-10-23(11-14-27)32-28(22-35-16-18-36(19-17-35)33(38)24-6-2-3-7-24)37-21-26(12-15-31(37)34-32)30-20-25-8-4-5-9-29(25)40-30/h4-5,8-15,20-21,24H,2-3,6-7,16-19,22H2,1H3. The van der Waals surface area contributed by atoms with Gasteiger partial charge in [0.1, 0.15) is 11.4 Å². The van der Waals surface area contributed by atoms with Crippen LogP contribution in [0.2, 0.25) is 0 Å². The van der Waals surface area contributed by atoms with Crippen molar-refractivity contribution >= 4 is 33.0 Å². The molecule has 0 radical (unpaired) electrons. The number of benzene rings is 2. The number of ether oxygens (including phenoxy) is 1. The molecule has 4 heterocycles. The van der Waals surface area contributed by atoms with Gasteiger partial charge in [0.05, 0.1) is 18.5 Å². The molecule has 40 heavy (non-hydrogen) atoms. The summed E-state index contributed by atoms with van der Waals surface area (Å²) >= 11 is 1.83. The van der Waals surface area contributed by atoms with Crippen molar-refractivity contribution in [1.82, 2.24) is 19.2 Å². The highest BCUT2D eigenvalue weighted by atomic mass is 32.1. The van der Waals surface area contributed by atoms with E-state index in [4.69, 9.17) is 9.72 Å². The van der Waals surface area contributed by atoms with Gasteiger partial charge in [-0.2, -0.15) is 0 Å². The second-order valence-electron chi connectivity index (χ2n) is 11.0. The van der Waals surface area contributed by atoms with Gasteiger partial charge in [0, 0.05) is 65.5 Å². The van der Waals surface area contributed by atoms with Crippen LogP contribution in [0.4, 0.5) is 0 Å². The summed E-state index contributed by atoms with van der Waals surface area (Å²) in [6.45, 7) is 4.14. The molecule has 1 saturated heterocycles. The first kappa shape index (κ1) is 25.3. The molecule has 0 unspecified atom stereocenters. The van der Waals surface area contributed by atoms with Crippen LogP contribution < -0.4 is 4.74 Å². The topological polar surface area (TPSA) is 50.1 Å². The van der Waals surface area contributed by atoms with Crippen molar-refractivity contribution in [3.8, 4) is 27.4 Å². The number of hydrogen-bond acceptors (Lipinski definition) is 5. The van der Waals surface area contributed by atoms with Crippen LogP contribution in [0, 0.1) is 5.92 Å². The van der Waals surface area contributed by atoms with Gasteiger partial charge in [-0.25, -0.2) is 4.98 Å². The number of amides is 1. The minimum atomic E-state index is 0.249. The summed E-state index contributed by atoms with van der Waals surface area (Å²) in [4.78, 5) is 24.0. The summed E-state index contributed by atoms with van der Waals surface area (Å²) in [5, 5.41) is 1.28. The van der Waals surface area contributed by atoms with Crippen LogP contribution in [0.3, 0.4) is 0 Å². The summed E-state index contributed by atoms with van der Waals surface area (Å²) < 4.78 is 8.98. The lowest BCUT2D eigenvalue weighted by Gasteiger charge is -2.36. The monoisotopic (exact) mass is 550 g/mol. The Bertz CT molecular complexity index is 1620. The van der Waals surface area contributed by atoms with Crippen molar-refractivity contribution in [3.05, 3.63) is 78.6 Å². The van der Waals surface area contributed by atoms with Crippen LogP contribution in [0.1, 0.15) is 31.4 Å². The lowest BCUT2D eigenvalue weighted by atomic mass is 10.1. The summed E-state index contributed by atoms with van der Waals surface area (Å²) in [6, 6.07) is 23.3. The number of carbonyl (C=O) groups excluding carboxylic acids is 1. The van der Waals surface area contributed by atoms with Gasteiger partial charge >= 0.3 is 0 Å². The maximum Gasteiger partial charge on any atom is 0.225 e.